The van der Waals surface area contributed by atoms with Gasteiger partial charge in [-0.05, 0) is 77.7 Å². The molecular formula is C27H31BrFN5O4. The van der Waals surface area contributed by atoms with E-state index in [4.69, 9.17) is 4.74 Å². The second-order valence-electron chi connectivity index (χ2n) is 8.86. The average molecular weight is 588 g/mol. The number of hydrogen-bond acceptors (Lipinski definition) is 5. The fraction of sp³-hybridized carbons (Fsp3) is 0.296. The van der Waals surface area contributed by atoms with E-state index in [9.17, 15) is 18.8 Å². The Kier molecular flexibility index (Phi) is 9.65. The van der Waals surface area contributed by atoms with Crippen molar-refractivity contribution in [1.29, 1.82) is 0 Å². The van der Waals surface area contributed by atoms with Gasteiger partial charge < -0.3 is 15.4 Å². The van der Waals surface area contributed by atoms with Crippen LogP contribution in [0.1, 0.15) is 39.7 Å². The van der Waals surface area contributed by atoms with E-state index in [-0.39, 0.29) is 35.1 Å². The summed E-state index contributed by atoms with van der Waals surface area (Å²) in [7, 11) is 3.43. The van der Waals surface area contributed by atoms with Crippen molar-refractivity contribution in [1.82, 2.24) is 25.6 Å². The van der Waals surface area contributed by atoms with Gasteiger partial charge in [-0.15, -0.1) is 0 Å². The van der Waals surface area contributed by atoms with Crippen molar-refractivity contribution in [3.8, 4) is 11.4 Å². The van der Waals surface area contributed by atoms with Crippen LogP contribution in [0, 0.1) is 19.7 Å². The third-order valence-electron chi connectivity index (χ3n) is 5.67. The molecule has 1 aromatic heterocycles. The van der Waals surface area contributed by atoms with Crippen LogP contribution in [0.3, 0.4) is 0 Å². The molecule has 2 aromatic carbocycles. The quantitative estimate of drug-likeness (QED) is 0.329. The van der Waals surface area contributed by atoms with Gasteiger partial charge in [0.1, 0.15) is 22.6 Å². The van der Waals surface area contributed by atoms with E-state index >= 15 is 0 Å². The zero-order valence-corrected chi connectivity index (χ0v) is 23.5. The van der Waals surface area contributed by atoms with Gasteiger partial charge in [-0.1, -0.05) is 12.1 Å². The molecule has 0 unspecified atom stereocenters. The van der Waals surface area contributed by atoms with Gasteiger partial charge in [0.15, 0.2) is 0 Å². The second kappa shape index (κ2) is 12.7. The van der Waals surface area contributed by atoms with Gasteiger partial charge in [0.05, 0.1) is 5.69 Å². The second-order valence-corrected chi connectivity index (χ2v) is 9.65. The fourth-order valence-corrected chi connectivity index (χ4v) is 4.21. The Labute approximate surface area is 229 Å². The molecule has 0 aliphatic heterocycles. The summed E-state index contributed by atoms with van der Waals surface area (Å²) in [6.07, 6.45) is 0. The lowest BCUT2D eigenvalue weighted by atomic mass is 10.1. The van der Waals surface area contributed by atoms with Crippen LogP contribution in [-0.2, 0) is 13.2 Å². The zero-order chi connectivity index (χ0) is 28.0. The maximum atomic E-state index is 13.9. The molecule has 3 amide bonds. The minimum Gasteiger partial charge on any atom is -0.487 e. The van der Waals surface area contributed by atoms with Crippen LogP contribution in [0.4, 0.5) is 9.18 Å². The highest BCUT2D eigenvalue weighted by atomic mass is 79.9. The van der Waals surface area contributed by atoms with Crippen molar-refractivity contribution in [3.63, 3.8) is 0 Å². The molecule has 1 heterocycles. The van der Waals surface area contributed by atoms with Crippen molar-refractivity contribution in [2.45, 2.75) is 33.9 Å². The number of urea groups is 1. The van der Waals surface area contributed by atoms with Crippen molar-refractivity contribution in [2.75, 3.05) is 20.6 Å². The molecule has 0 aliphatic rings. The lowest BCUT2D eigenvalue weighted by Crippen LogP contribution is -2.36. The van der Waals surface area contributed by atoms with Crippen LogP contribution in [-0.4, -0.2) is 42.2 Å². The van der Waals surface area contributed by atoms with Gasteiger partial charge in [-0.3, -0.25) is 19.6 Å². The van der Waals surface area contributed by atoms with Crippen LogP contribution in [0.2, 0.25) is 0 Å². The van der Waals surface area contributed by atoms with E-state index in [1.54, 1.807) is 63.3 Å². The summed E-state index contributed by atoms with van der Waals surface area (Å²) in [5.41, 5.74) is 5.95. The number of hydrazine groups is 1. The molecule has 3 N–H and O–H groups in total. The van der Waals surface area contributed by atoms with Gasteiger partial charge in [0.25, 0.3) is 11.5 Å². The highest BCUT2D eigenvalue weighted by molar-refractivity contribution is 9.10. The minimum absolute atomic E-state index is 0.0490. The number of nitrogens with zero attached hydrogens (tertiary/aromatic N) is 2. The van der Waals surface area contributed by atoms with E-state index < -0.39 is 5.82 Å². The summed E-state index contributed by atoms with van der Waals surface area (Å²) in [5.74, 6) is -0.412. The van der Waals surface area contributed by atoms with Gasteiger partial charge >= 0.3 is 6.03 Å². The van der Waals surface area contributed by atoms with Crippen molar-refractivity contribution in [3.05, 3.63) is 91.1 Å². The predicted molar refractivity (Wildman–Crippen MR) is 147 cm³/mol. The third kappa shape index (κ3) is 6.99. The highest BCUT2D eigenvalue weighted by Gasteiger charge is 2.17. The number of pyridine rings is 1. The molecule has 0 bridgehead atoms. The van der Waals surface area contributed by atoms with E-state index in [1.165, 1.54) is 16.7 Å². The Balaban J connectivity index is 1.89. The molecule has 3 rings (SSSR count). The maximum Gasteiger partial charge on any atom is 0.315 e. The molecule has 38 heavy (non-hydrogen) atoms. The maximum absolute atomic E-state index is 13.9. The van der Waals surface area contributed by atoms with Crippen LogP contribution in [0.15, 0.2) is 51.7 Å². The minimum atomic E-state index is -0.432. The Bertz CT molecular complexity index is 1410. The third-order valence-corrected chi connectivity index (χ3v) is 6.40. The summed E-state index contributed by atoms with van der Waals surface area (Å²) in [4.78, 5) is 37.7. The number of rotatable bonds is 9. The van der Waals surface area contributed by atoms with Crippen molar-refractivity contribution < 1.29 is 18.7 Å². The first-order chi connectivity index (χ1) is 18.0. The molecular weight excluding hydrogens is 557 g/mol. The number of aryl methyl sites for hydroxylation is 2. The molecule has 0 saturated carbocycles. The van der Waals surface area contributed by atoms with Crippen LogP contribution < -0.4 is 26.4 Å². The zero-order valence-electron chi connectivity index (χ0n) is 21.9. The fourth-order valence-electron chi connectivity index (χ4n) is 3.80. The first kappa shape index (κ1) is 28.9. The summed E-state index contributed by atoms with van der Waals surface area (Å²) >= 11 is 3.37. The van der Waals surface area contributed by atoms with E-state index in [0.717, 1.165) is 5.56 Å². The monoisotopic (exact) mass is 587 g/mol. The molecule has 3 aromatic rings. The van der Waals surface area contributed by atoms with Gasteiger partial charge in [0.2, 0.25) is 0 Å². The molecule has 0 radical (unpaired) electrons. The number of nitrogens with one attached hydrogen (secondary N) is 3. The van der Waals surface area contributed by atoms with Crippen LogP contribution in [0.25, 0.3) is 5.69 Å². The molecule has 0 spiro atoms. The number of benzene rings is 2. The summed E-state index contributed by atoms with van der Waals surface area (Å²) in [5, 5.41) is 6.85. The highest BCUT2D eigenvalue weighted by Crippen LogP contribution is 2.27. The number of carbonyl (C=O) groups is 2. The molecule has 9 nitrogen and oxygen atoms in total. The largest absolute Gasteiger partial charge is 0.487 e. The summed E-state index contributed by atoms with van der Waals surface area (Å²) in [6.45, 7) is 6.06. The smallest absolute Gasteiger partial charge is 0.315 e. The van der Waals surface area contributed by atoms with Crippen molar-refractivity contribution >= 4 is 27.9 Å². The molecule has 0 aliphatic carbocycles. The lowest BCUT2D eigenvalue weighted by Gasteiger charge is -2.18. The molecule has 0 saturated heterocycles. The number of aromatic nitrogens is 1. The van der Waals surface area contributed by atoms with Gasteiger partial charge in [-0.25, -0.2) is 14.2 Å². The topological polar surface area (TPSA) is 105 Å². The van der Waals surface area contributed by atoms with Crippen molar-refractivity contribution in [2.24, 2.45) is 0 Å². The lowest BCUT2D eigenvalue weighted by molar-refractivity contribution is 0.0857. The first-order valence-electron chi connectivity index (χ1n) is 11.9. The Morgan fingerprint density at radius 2 is 1.79 bits per heavy atom. The van der Waals surface area contributed by atoms with E-state index in [1.807, 2.05) is 6.92 Å². The summed E-state index contributed by atoms with van der Waals surface area (Å²) < 4.78 is 21.6. The number of halogens is 2. The van der Waals surface area contributed by atoms with E-state index in [2.05, 4.69) is 32.0 Å². The molecule has 11 heteroatoms. The predicted octanol–water partition coefficient (Wildman–Crippen LogP) is 3.96. The normalized spacial score (nSPS) is 10.8. The van der Waals surface area contributed by atoms with Crippen LogP contribution in [0.5, 0.6) is 5.75 Å². The van der Waals surface area contributed by atoms with E-state index in [0.29, 0.717) is 40.4 Å². The molecule has 202 valence electrons. The molecule has 0 fully saturated rings. The number of ether oxygens (including phenoxy) is 1. The Hall–Kier alpha value is -3.70. The van der Waals surface area contributed by atoms with Gasteiger partial charge in [-0.2, -0.15) is 0 Å². The Morgan fingerprint density at radius 3 is 2.47 bits per heavy atom. The van der Waals surface area contributed by atoms with Gasteiger partial charge in [0, 0.05) is 44.5 Å². The SMILES string of the molecule is CCNC(=O)NCc1cc(F)ccc1COc1cc(C)n(-c2cc(C(=O)NN(C)C)ccc2C)c(=O)c1Br. The first-order valence-corrected chi connectivity index (χ1v) is 12.7. The van der Waals surface area contributed by atoms with Crippen LogP contribution >= 0.6 is 15.9 Å². The average Bonchev–Trinajstić information content (AvgIpc) is 2.85. The Morgan fingerprint density at radius 1 is 1.05 bits per heavy atom. The standard InChI is InChI=1S/C27H31BrFN5O4/c1-6-30-27(37)31-14-20-12-21(29)10-9-19(20)15-38-23-11-17(3)34(26(36)24(23)28)22-13-18(8-7-16(22)2)25(35)32-33(4)5/h7-13H,6,14-15H2,1-5H3,(H,32,35)(H2,30,31,37). The number of amides is 3. The number of carbonyl (C=O) groups excluding carboxylic acids is 2. The summed E-state index contributed by atoms with van der Waals surface area (Å²) in [6, 6.07) is 10.7. The number of hydrogen-bond donors (Lipinski definition) is 3. The molecule has 0 atom stereocenters.